The SMILES string of the molecule is CC(N)CCC(=O)NC(C)CCC(=O)NC(C)CCC(=O)O. The Morgan fingerprint density at radius 1 is 0.864 bits per heavy atom. The summed E-state index contributed by atoms with van der Waals surface area (Å²) in [6.07, 6.45) is 2.31. The smallest absolute Gasteiger partial charge is 0.303 e. The van der Waals surface area contributed by atoms with Gasteiger partial charge in [0.25, 0.3) is 0 Å². The van der Waals surface area contributed by atoms with Crippen LogP contribution in [-0.2, 0) is 14.4 Å². The first kappa shape index (κ1) is 20.4. The molecule has 0 aliphatic heterocycles. The fraction of sp³-hybridized carbons (Fsp3) is 0.800. The van der Waals surface area contributed by atoms with Gasteiger partial charge in [0.2, 0.25) is 11.8 Å². The summed E-state index contributed by atoms with van der Waals surface area (Å²) >= 11 is 0. The number of hydrogen-bond acceptors (Lipinski definition) is 4. The van der Waals surface area contributed by atoms with Gasteiger partial charge in [0.05, 0.1) is 0 Å². The highest BCUT2D eigenvalue weighted by Gasteiger charge is 2.12. The van der Waals surface area contributed by atoms with Crippen molar-refractivity contribution in [3.05, 3.63) is 0 Å². The van der Waals surface area contributed by atoms with Crippen molar-refractivity contribution in [2.45, 2.75) is 77.4 Å². The number of carbonyl (C=O) groups is 3. The van der Waals surface area contributed by atoms with Gasteiger partial charge in [-0.05, 0) is 40.0 Å². The lowest BCUT2D eigenvalue weighted by Crippen LogP contribution is -2.36. The van der Waals surface area contributed by atoms with E-state index < -0.39 is 5.97 Å². The third-order valence-electron chi connectivity index (χ3n) is 3.24. The highest BCUT2D eigenvalue weighted by molar-refractivity contribution is 5.77. The lowest BCUT2D eigenvalue weighted by Gasteiger charge is -2.16. The maximum Gasteiger partial charge on any atom is 0.303 e. The van der Waals surface area contributed by atoms with E-state index in [9.17, 15) is 14.4 Å². The molecule has 7 nitrogen and oxygen atoms in total. The summed E-state index contributed by atoms with van der Waals surface area (Å²) in [4.78, 5) is 33.8. The average Bonchev–Trinajstić information content (AvgIpc) is 2.40. The minimum atomic E-state index is -0.871. The van der Waals surface area contributed by atoms with E-state index in [1.165, 1.54) is 0 Å². The minimum Gasteiger partial charge on any atom is -0.481 e. The van der Waals surface area contributed by atoms with Gasteiger partial charge in [-0.2, -0.15) is 0 Å². The van der Waals surface area contributed by atoms with Crippen molar-refractivity contribution < 1.29 is 19.5 Å². The van der Waals surface area contributed by atoms with Gasteiger partial charge in [-0.15, -0.1) is 0 Å². The summed E-state index contributed by atoms with van der Waals surface area (Å²) in [5.41, 5.74) is 5.59. The van der Waals surface area contributed by atoms with Crippen LogP contribution in [0.15, 0.2) is 0 Å². The maximum atomic E-state index is 11.7. The first-order valence-electron chi connectivity index (χ1n) is 7.76. The van der Waals surface area contributed by atoms with E-state index in [0.29, 0.717) is 32.1 Å². The highest BCUT2D eigenvalue weighted by Crippen LogP contribution is 2.01. The zero-order chi connectivity index (χ0) is 17.1. The molecule has 0 fully saturated rings. The van der Waals surface area contributed by atoms with Crippen LogP contribution in [0.4, 0.5) is 0 Å². The van der Waals surface area contributed by atoms with E-state index in [2.05, 4.69) is 10.6 Å². The monoisotopic (exact) mass is 315 g/mol. The average molecular weight is 315 g/mol. The quantitative estimate of drug-likeness (QED) is 0.448. The summed E-state index contributed by atoms with van der Waals surface area (Å²) in [5, 5.41) is 14.2. The standard InChI is InChI=1S/C15H29N3O4/c1-10(16)4-7-13(19)17-11(2)5-8-14(20)18-12(3)6-9-15(21)22/h10-12H,4-9,16H2,1-3H3,(H,17,19)(H,18,20)(H,21,22). The molecule has 7 heteroatoms. The van der Waals surface area contributed by atoms with Crippen LogP contribution in [-0.4, -0.2) is 41.0 Å². The predicted octanol–water partition coefficient (Wildman–Crippen LogP) is 0.768. The molecule has 0 aromatic heterocycles. The number of amides is 2. The molecule has 0 saturated heterocycles. The molecule has 0 aliphatic rings. The molecule has 0 aromatic carbocycles. The van der Waals surface area contributed by atoms with Crippen molar-refractivity contribution >= 4 is 17.8 Å². The minimum absolute atomic E-state index is 0.000811. The van der Waals surface area contributed by atoms with E-state index in [1.54, 1.807) is 6.92 Å². The summed E-state index contributed by atoms with van der Waals surface area (Å²) in [7, 11) is 0. The molecule has 0 aliphatic carbocycles. The van der Waals surface area contributed by atoms with Crippen LogP contribution in [0.5, 0.6) is 0 Å². The molecule has 0 rings (SSSR count). The fourth-order valence-corrected chi connectivity index (χ4v) is 1.88. The van der Waals surface area contributed by atoms with Crippen LogP contribution < -0.4 is 16.4 Å². The van der Waals surface area contributed by atoms with Gasteiger partial charge in [0, 0.05) is 37.4 Å². The summed E-state index contributed by atoms with van der Waals surface area (Å²) < 4.78 is 0. The van der Waals surface area contributed by atoms with E-state index in [1.807, 2.05) is 13.8 Å². The van der Waals surface area contributed by atoms with Gasteiger partial charge < -0.3 is 21.5 Å². The Labute approximate surface area is 132 Å². The molecule has 0 aromatic rings. The lowest BCUT2D eigenvalue weighted by atomic mass is 10.1. The van der Waals surface area contributed by atoms with Gasteiger partial charge in [-0.3, -0.25) is 14.4 Å². The third kappa shape index (κ3) is 12.1. The van der Waals surface area contributed by atoms with Crippen molar-refractivity contribution in [2.75, 3.05) is 0 Å². The van der Waals surface area contributed by atoms with Crippen LogP contribution in [0, 0.1) is 0 Å². The van der Waals surface area contributed by atoms with Crippen LogP contribution in [0.1, 0.15) is 59.3 Å². The molecule has 0 spiro atoms. The zero-order valence-corrected chi connectivity index (χ0v) is 13.7. The zero-order valence-electron chi connectivity index (χ0n) is 13.7. The first-order valence-corrected chi connectivity index (χ1v) is 7.76. The molecule has 3 atom stereocenters. The van der Waals surface area contributed by atoms with E-state index >= 15 is 0 Å². The van der Waals surface area contributed by atoms with Crippen LogP contribution in [0.2, 0.25) is 0 Å². The van der Waals surface area contributed by atoms with Gasteiger partial charge in [0.15, 0.2) is 0 Å². The van der Waals surface area contributed by atoms with Gasteiger partial charge in [0.1, 0.15) is 0 Å². The number of carbonyl (C=O) groups excluding carboxylic acids is 2. The van der Waals surface area contributed by atoms with E-state index in [0.717, 1.165) is 0 Å². The Kier molecular flexibility index (Phi) is 10.2. The second-order valence-electron chi connectivity index (χ2n) is 5.92. The molecule has 128 valence electrons. The molecule has 0 radical (unpaired) electrons. The van der Waals surface area contributed by atoms with Crippen LogP contribution in [0.3, 0.4) is 0 Å². The molecular formula is C15H29N3O4. The molecule has 2 amide bonds. The van der Waals surface area contributed by atoms with Gasteiger partial charge in [-0.25, -0.2) is 0 Å². The molecular weight excluding hydrogens is 286 g/mol. The van der Waals surface area contributed by atoms with Crippen molar-refractivity contribution in [1.82, 2.24) is 10.6 Å². The Morgan fingerprint density at radius 3 is 1.68 bits per heavy atom. The number of rotatable bonds is 11. The summed E-state index contributed by atoms with van der Waals surface area (Å²) in [6.45, 7) is 5.48. The lowest BCUT2D eigenvalue weighted by molar-refractivity contribution is -0.137. The van der Waals surface area contributed by atoms with Gasteiger partial charge in [-0.1, -0.05) is 0 Å². The molecule has 0 bridgehead atoms. The third-order valence-corrected chi connectivity index (χ3v) is 3.24. The van der Waals surface area contributed by atoms with E-state index in [-0.39, 0.29) is 36.4 Å². The van der Waals surface area contributed by atoms with Crippen molar-refractivity contribution in [1.29, 1.82) is 0 Å². The predicted molar refractivity (Wildman–Crippen MR) is 84.2 cm³/mol. The summed E-state index contributed by atoms with van der Waals surface area (Å²) in [5.74, 6) is -1.06. The Morgan fingerprint density at radius 2 is 1.27 bits per heavy atom. The number of hydrogen-bond donors (Lipinski definition) is 4. The number of carboxylic acid groups (broad SMARTS) is 1. The molecule has 0 saturated carbocycles. The molecule has 3 unspecified atom stereocenters. The molecule has 5 N–H and O–H groups in total. The second kappa shape index (κ2) is 11.0. The first-order chi connectivity index (χ1) is 10.2. The van der Waals surface area contributed by atoms with Gasteiger partial charge >= 0.3 is 5.97 Å². The fourth-order valence-electron chi connectivity index (χ4n) is 1.88. The second-order valence-corrected chi connectivity index (χ2v) is 5.92. The highest BCUT2D eigenvalue weighted by atomic mass is 16.4. The maximum absolute atomic E-state index is 11.7. The summed E-state index contributed by atoms with van der Waals surface area (Å²) in [6, 6.07) is -0.251. The molecule has 22 heavy (non-hydrogen) atoms. The normalized spacial score (nSPS) is 14.7. The van der Waals surface area contributed by atoms with Crippen molar-refractivity contribution in [3.8, 4) is 0 Å². The number of nitrogens with one attached hydrogen (secondary N) is 2. The number of nitrogens with two attached hydrogens (primary N) is 1. The number of carboxylic acids is 1. The molecule has 0 heterocycles. The van der Waals surface area contributed by atoms with Crippen LogP contribution in [0.25, 0.3) is 0 Å². The van der Waals surface area contributed by atoms with Crippen molar-refractivity contribution in [3.63, 3.8) is 0 Å². The Balaban J connectivity index is 3.84. The Bertz CT molecular complexity index is 372. The Hall–Kier alpha value is -1.63. The largest absolute Gasteiger partial charge is 0.481 e. The van der Waals surface area contributed by atoms with Crippen molar-refractivity contribution in [2.24, 2.45) is 5.73 Å². The number of aliphatic carboxylic acids is 1. The van der Waals surface area contributed by atoms with E-state index in [4.69, 9.17) is 10.8 Å². The topological polar surface area (TPSA) is 122 Å². The van der Waals surface area contributed by atoms with Crippen LogP contribution >= 0.6 is 0 Å².